The summed E-state index contributed by atoms with van der Waals surface area (Å²) in [6.45, 7) is 13.2. The first kappa shape index (κ1) is 55.1. The lowest BCUT2D eigenvalue weighted by molar-refractivity contribution is -0.138. The molecule has 1 unspecified atom stereocenters. The van der Waals surface area contributed by atoms with Crippen molar-refractivity contribution in [1.29, 1.82) is 0 Å². The van der Waals surface area contributed by atoms with E-state index < -0.39 is 53.3 Å². The molecule has 0 aliphatic rings. The molecule has 1 heterocycles. The van der Waals surface area contributed by atoms with Crippen LogP contribution in [0.1, 0.15) is 117 Å². The standard InChI is InChI=1S/C44H68Cl2N10O8/c1-29(55-63)43(3,4)51-22-17-31(18-23-52-44(5,6)30(2)56-64)16-21-49-38(57)14-11-15-39(58)50-28-36(53-40(59)13-8-10-20-48-37-12-7-9-19-47-37)42(62)54-35(27-41(60)61)32-24-33(45)26-34(46)25-32/h7,9,12,19,24-26,31,35-36,51-52,63-64H,8,10-11,13-18,20-23,27-28H2,1-6H3,(H,47,48)(H,49,57)(H,50,58)(H,53,59)(H,54,62)(H,60,61)/t31?,35?,36-/m0/s1. The van der Waals surface area contributed by atoms with Crippen LogP contribution in [0.15, 0.2) is 52.9 Å². The van der Waals surface area contributed by atoms with Gasteiger partial charge < -0.3 is 52.7 Å². The van der Waals surface area contributed by atoms with E-state index in [4.69, 9.17) is 23.2 Å². The minimum Gasteiger partial charge on any atom is -0.481 e. The Kier molecular flexibility index (Phi) is 24.7. The van der Waals surface area contributed by atoms with Gasteiger partial charge >= 0.3 is 5.97 Å². The van der Waals surface area contributed by atoms with Crippen LogP contribution in [-0.2, 0) is 24.0 Å². The average molecular weight is 936 g/mol. The summed E-state index contributed by atoms with van der Waals surface area (Å²) in [4.78, 5) is 68.5. The number of amides is 4. The van der Waals surface area contributed by atoms with E-state index in [0.717, 1.165) is 12.8 Å². The van der Waals surface area contributed by atoms with Gasteiger partial charge in [0.05, 0.1) is 35.0 Å². The van der Waals surface area contributed by atoms with Crippen molar-refractivity contribution in [3.63, 3.8) is 0 Å². The first-order chi connectivity index (χ1) is 30.3. The summed E-state index contributed by atoms with van der Waals surface area (Å²) < 4.78 is 0. The van der Waals surface area contributed by atoms with Crippen molar-refractivity contribution in [3.8, 4) is 0 Å². The van der Waals surface area contributed by atoms with Crippen LogP contribution < -0.4 is 37.2 Å². The summed E-state index contributed by atoms with van der Waals surface area (Å²) in [7, 11) is 0. The SMILES string of the molecule is CC(=NO)C(C)(C)NCCC(CCNC(=O)CCCC(=O)NC[C@H](NC(=O)CCCCNc1ccccn1)C(=O)NC(CC(=O)O)c1cc(Cl)cc(Cl)c1)CCNC(C)(C)C(C)=NO. The Morgan fingerprint density at radius 1 is 0.719 bits per heavy atom. The monoisotopic (exact) mass is 934 g/mol. The molecule has 0 aliphatic heterocycles. The number of aromatic nitrogens is 1. The molecule has 0 spiro atoms. The van der Waals surface area contributed by atoms with Gasteiger partial charge in [0.2, 0.25) is 23.6 Å². The number of carbonyl (C=O) groups excluding carboxylic acids is 4. The van der Waals surface area contributed by atoms with Crippen LogP contribution in [0.3, 0.4) is 0 Å². The number of aliphatic carboxylic acids is 1. The molecule has 356 valence electrons. The van der Waals surface area contributed by atoms with Gasteiger partial charge in [-0.1, -0.05) is 39.6 Å². The van der Waals surface area contributed by atoms with Gasteiger partial charge in [0.15, 0.2) is 0 Å². The minimum atomic E-state index is -1.26. The van der Waals surface area contributed by atoms with E-state index in [2.05, 4.69) is 52.5 Å². The zero-order valence-electron chi connectivity index (χ0n) is 37.9. The molecule has 1 aromatic carbocycles. The quantitative estimate of drug-likeness (QED) is 0.0197. The molecule has 2 aromatic rings. The molecule has 0 fully saturated rings. The molecule has 1 aromatic heterocycles. The third-order valence-electron chi connectivity index (χ3n) is 11.0. The van der Waals surface area contributed by atoms with Gasteiger partial charge in [-0.15, -0.1) is 0 Å². The van der Waals surface area contributed by atoms with E-state index in [9.17, 15) is 39.5 Å². The van der Waals surface area contributed by atoms with Crippen molar-refractivity contribution >= 4 is 70.0 Å². The Hall–Kier alpha value is -5.04. The van der Waals surface area contributed by atoms with Gasteiger partial charge in [-0.3, -0.25) is 24.0 Å². The molecule has 4 amide bonds. The maximum atomic E-state index is 13.7. The lowest BCUT2D eigenvalue weighted by atomic mass is 9.94. The fourth-order valence-corrected chi connectivity index (χ4v) is 6.92. The second-order valence-electron chi connectivity index (χ2n) is 16.8. The number of carboxylic acids is 1. The van der Waals surface area contributed by atoms with Gasteiger partial charge in [-0.25, -0.2) is 4.98 Å². The second kappa shape index (κ2) is 28.7. The van der Waals surface area contributed by atoms with Crippen LogP contribution in [0.2, 0.25) is 10.0 Å². The highest BCUT2D eigenvalue weighted by Crippen LogP contribution is 2.26. The molecule has 0 saturated carbocycles. The third-order valence-corrected chi connectivity index (χ3v) is 11.4. The van der Waals surface area contributed by atoms with Gasteiger partial charge in [0.25, 0.3) is 0 Å². The van der Waals surface area contributed by atoms with Crippen LogP contribution in [0.5, 0.6) is 0 Å². The molecular formula is C44H68Cl2N10O8. The van der Waals surface area contributed by atoms with Crippen molar-refractivity contribution in [2.45, 2.75) is 129 Å². The number of unbranched alkanes of at least 4 members (excludes halogenated alkanes) is 1. The molecule has 10 N–H and O–H groups in total. The molecule has 2 rings (SSSR count). The Balaban J connectivity index is 1.97. The van der Waals surface area contributed by atoms with Gasteiger partial charge in [0.1, 0.15) is 11.9 Å². The number of nitrogens with zero attached hydrogens (tertiary/aromatic N) is 3. The van der Waals surface area contributed by atoms with E-state index in [1.54, 1.807) is 26.1 Å². The molecule has 2 atom stereocenters. The molecule has 0 bridgehead atoms. The maximum absolute atomic E-state index is 13.7. The summed E-state index contributed by atoms with van der Waals surface area (Å²) >= 11 is 12.3. The summed E-state index contributed by atoms with van der Waals surface area (Å²) in [5.41, 5.74) is 0.441. The number of pyridine rings is 1. The Morgan fingerprint density at radius 3 is 1.83 bits per heavy atom. The summed E-state index contributed by atoms with van der Waals surface area (Å²) in [6.07, 6.45) is 4.91. The molecular weight excluding hydrogens is 867 g/mol. The number of carbonyl (C=O) groups is 5. The van der Waals surface area contributed by atoms with Crippen molar-refractivity contribution in [1.82, 2.24) is 36.9 Å². The highest BCUT2D eigenvalue weighted by molar-refractivity contribution is 6.34. The highest BCUT2D eigenvalue weighted by atomic mass is 35.5. The van der Waals surface area contributed by atoms with Gasteiger partial charge in [-0.05, 0) is 135 Å². The van der Waals surface area contributed by atoms with Crippen LogP contribution in [0.25, 0.3) is 0 Å². The second-order valence-corrected chi connectivity index (χ2v) is 17.7. The van der Waals surface area contributed by atoms with Crippen LogP contribution in [0, 0.1) is 5.92 Å². The molecule has 18 nitrogen and oxygen atoms in total. The molecule has 0 radical (unpaired) electrons. The third kappa shape index (κ3) is 22.0. The predicted molar refractivity (Wildman–Crippen MR) is 249 cm³/mol. The van der Waals surface area contributed by atoms with E-state index in [0.29, 0.717) is 68.2 Å². The molecule has 0 saturated heterocycles. The van der Waals surface area contributed by atoms with Crippen molar-refractivity contribution in [2.75, 3.05) is 38.0 Å². The van der Waals surface area contributed by atoms with Crippen molar-refractivity contribution in [3.05, 3.63) is 58.2 Å². The molecule has 20 heteroatoms. The molecule has 0 aliphatic carbocycles. The topological polar surface area (TPSA) is 268 Å². The lowest BCUT2D eigenvalue weighted by Gasteiger charge is -2.28. The zero-order valence-corrected chi connectivity index (χ0v) is 39.4. The van der Waals surface area contributed by atoms with Crippen LogP contribution in [0.4, 0.5) is 5.82 Å². The smallest absolute Gasteiger partial charge is 0.305 e. The predicted octanol–water partition coefficient (Wildman–Crippen LogP) is 5.41. The summed E-state index contributed by atoms with van der Waals surface area (Å²) in [5, 5.41) is 56.2. The van der Waals surface area contributed by atoms with Gasteiger partial charge in [-0.2, -0.15) is 0 Å². The van der Waals surface area contributed by atoms with E-state index in [1.165, 1.54) is 18.2 Å². The number of hydrogen-bond acceptors (Lipinski definition) is 13. The normalized spacial score (nSPS) is 13.6. The van der Waals surface area contributed by atoms with Crippen molar-refractivity contribution < 1.29 is 39.5 Å². The Labute approximate surface area is 386 Å². The largest absolute Gasteiger partial charge is 0.481 e. The number of rotatable bonds is 31. The van der Waals surface area contributed by atoms with E-state index >= 15 is 0 Å². The zero-order chi connectivity index (χ0) is 47.7. The number of anilines is 1. The number of hydrogen-bond donors (Lipinski definition) is 10. The summed E-state index contributed by atoms with van der Waals surface area (Å²) in [6, 6.07) is 7.62. The Bertz CT molecular complexity index is 1810. The summed E-state index contributed by atoms with van der Waals surface area (Å²) in [5.74, 6) is -2.12. The average Bonchev–Trinajstić information content (AvgIpc) is 3.23. The highest BCUT2D eigenvalue weighted by Gasteiger charge is 2.27. The van der Waals surface area contributed by atoms with E-state index in [1.807, 2.05) is 39.8 Å². The maximum Gasteiger partial charge on any atom is 0.305 e. The van der Waals surface area contributed by atoms with Crippen LogP contribution in [-0.4, -0.2) is 111 Å². The lowest BCUT2D eigenvalue weighted by Crippen LogP contribution is -2.53. The van der Waals surface area contributed by atoms with E-state index in [-0.39, 0.29) is 54.1 Å². The first-order valence-corrected chi connectivity index (χ1v) is 22.4. The number of nitrogens with one attached hydrogen (secondary N) is 7. The Morgan fingerprint density at radius 2 is 1.28 bits per heavy atom. The number of halogens is 2. The fourth-order valence-electron chi connectivity index (χ4n) is 6.38. The van der Waals surface area contributed by atoms with Gasteiger partial charge in [0, 0.05) is 55.1 Å². The number of carboxylic acid groups (broad SMARTS) is 1. The fraction of sp³-hybridized carbons (Fsp3) is 0.591. The first-order valence-electron chi connectivity index (χ1n) is 21.6. The minimum absolute atomic E-state index is 0.0275. The van der Waals surface area contributed by atoms with Crippen molar-refractivity contribution in [2.24, 2.45) is 16.2 Å². The molecule has 64 heavy (non-hydrogen) atoms. The number of benzene rings is 1. The number of oxime groups is 2. The van der Waals surface area contributed by atoms with Crippen LogP contribution >= 0.6 is 23.2 Å².